The predicted molar refractivity (Wildman–Crippen MR) is 74.9 cm³/mol. The Morgan fingerprint density at radius 1 is 1.47 bits per heavy atom. The molecule has 102 valence electrons. The van der Waals surface area contributed by atoms with Gasteiger partial charge in [0.25, 0.3) is 0 Å². The second-order valence-corrected chi connectivity index (χ2v) is 5.09. The van der Waals surface area contributed by atoms with Gasteiger partial charge in [-0.1, -0.05) is 31.5 Å². The molecule has 1 aliphatic rings. The van der Waals surface area contributed by atoms with E-state index in [0.717, 1.165) is 24.1 Å². The number of nitrogens with one attached hydrogen (secondary N) is 2. The summed E-state index contributed by atoms with van der Waals surface area (Å²) >= 11 is 0. The summed E-state index contributed by atoms with van der Waals surface area (Å²) in [5.41, 5.74) is 1.66. The third kappa shape index (κ3) is 3.13. The van der Waals surface area contributed by atoms with Crippen molar-refractivity contribution in [2.75, 3.05) is 5.32 Å². The van der Waals surface area contributed by atoms with Gasteiger partial charge < -0.3 is 10.6 Å². The van der Waals surface area contributed by atoms with Gasteiger partial charge in [0, 0.05) is 18.2 Å². The number of anilines is 1. The second-order valence-electron chi connectivity index (χ2n) is 5.09. The van der Waals surface area contributed by atoms with Crippen LogP contribution in [0.1, 0.15) is 44.6 Å². The molecule has 4 heteroatoms. The quantitative estimate of drug-likeness (QED) is 0.873. The van der Waals surface area contributed by atoms with E-state index in [1.54, 1.807) is 0 Å². The van der Waals surface area contributed by atoms with Gasteiger partial charge in [-0.3, -0.25) is 9.59 Å². The van der Waals surface area contributed by atoms with Crippen LogP contribution in [0, 0.1) is 0 Å². The molecular formula is C15H20N2O2. The van der Waals surface area contributed by atoms with E-state index in [2.05, 4.69) is 17.6 Å². The zero-order valence-electron chi connectivity index (χ0n) is 11.4. The van der Waals surface area contributed by atoms with Crippen LogP contribution in [0.3, 0.4) is 0 Å². The van der Waals surface area contributed by atoms with Crippen LogP contribution in [0.5, 0.6) is 0 Å². The highest BCUT2D eigenvalue weighted by Crippen LogP contribution is 2.32. The van der Waals surface area contributed by atoms with Gasteiger partial charge in [-0.05, 0) is 25.0 Å². The lowest BCUT2D eigenvalue weighted by molar-refractivity contribution is -0.126. The molecule has 0 spiro atoms. The maximum Gasteiger partial charge on any atom is 0.228 e. The molecule has 0 radical (unpaired) electrons. The van der Waals surface area contributed by atoms with Gasteiger partial charge in [0.2, 0.25) is 11.8 Å². The molecule has 2 amide bonds. The van der Waals surface area contributed by atoms with E-state index in [-0.39, 0.29) is 30.2 Å². The molecule has 4 nitrogen and oxygen atoms in total. The number of hydrogen-bond acceptors (Lipinski definition) is 2. The van der Waals surface area contributed by atoms with E-state index in [4.69, 9.17) is 0 Å². The predicted octanol–water partition coefficient (Wildman–Crippen LogP) is 2.42. The van der Waals surface area contributed by atoms with Crippen LogP contribution in [-0.2, 0) is 9.59 Å². The summed E-state index contributed by atoms with van der Waals surface area (Å²) in [6.45, 7) is 4.09. The SMILES string of the molecule is CCC[C@H](C)NC(=O)[C@H]1CC(=O)Nc2ccccc21. The number of hydrogen-bond donors (Lipinski definition) is 2. The van der Waals surface area contributed by atoms with E-state index in [9.17, 15) is 9.59 Å². The van der Waals surface area contributed by atoms with Gasteiger partial charge in [-0.15, -0.1) is 0 Å². The summed E-state index contributed by atoms with van der Waals surface area (Å²) in [4.78, 5) is 24.0. The van der Waals surface area contributed by atoms with E-state index >= 15 is 0 Å². The molecule has 19 heavy (non-hydrogen) atoms. The van der Waals surface area contributed by atoms with Crippen molar-refractivity contribution >= 4 is 17.5 Å². The standard InChI is InChI=1S/C15H20N2O2/c1-3-6-10(2)16-15(19)12-9-14(18)17-13-8-5-4-7-11(12)13/h4-5,7-8,10,12H,3,6,9H2,1-2H3,(H,16,19)(H,17,18)/t10-,12-/m0/s1. The molecular weight excluding hydrogens is 240 g/mol. The molecule has 1 aromatic carbocycles. The smallest absolute Gasteiger partial charge is 0.228 e. The van der Waals surface area contributed by atoms with Crippen LogP contribution in [0.4, 0.5) is 5.69 Å². The van der Waals surface area contributed by atoms with Crippen molar-refractivity contribution in [3.8, 4) is 0 Å². The molecule has 0 bridgehead atoms. The normalized spacial score (nSPS) is 19.3. The van der Waals surface area contributed by atoms with Gasteiger partial charge in [0.15, 0.2) is 0 Å². The van der Waals surface area contributed by atoms with E-state index in [0.29, 0.717) is 0 Å². The van der Waals surface area contributed by atoms with Gasteiger partial charge in [-0.2, -0.15) is 0 Å². The molecule has 2 atom stereocenters. The molecule has 2 rings (SSSR count). The van der Waals surface area contributed by atoms with Crippen LogP contribution < -0.4 is 10.6 Å². The maximum atomic E-state index is 12.3. The van der Waals surface area contributed by atoms with Crippen molar-refractivity contribution < 1.29 is 9.59 Å². The maximum absolute atomic E-state index is 12.3. The Labute approximate surface area is 113 Å². The Bertz CT molecular complexity index is 485. The van der Waals surface area contributed by atoms with Crippen molar-refractivity contribution in [1.82, 2.24) is 5.32 Å². The highest BCUT2D eigenvalue weighted by molar-refractivity contribution is 6.01. The summed E-state index contributed by atoms with van der Waals surface area (Å²) in [5, 5.41) is 5.80. The number of rotatable bonds is 4. The minimum atomic E-state index is -0.371. The van der Waals surface area contributed by atoms with E-state index in [1.165, 1.54) is 0 Å². The number of fused-ring (bicyclic) bond motifs is 1. The Morgan fingerprint density at radius 3 is 2.95 bits per heavy atom. The third-order valence-corrected chi connectivity index (χ3v) is 3.43. The first kappa shape index (κ1) is 13.6. The minimum Gasteiger partial charge on any atom is -0.353 e. The zero-order valence-corrected chi connectivity index (χ0v) is 11.4. The van der Waals surface area contributed by atoms with Crippen molar-refractivity contribution in [3.63, 3.8) is 0 Å². The van der Waals surface area contributed by atoms with Crippen LogP contribution in [0.25, 0.3) is 0 Å². The summed E-state index contributed by atoms with van der Waals surface area (Å²) < 4.78 is 0. The zero-order chi connectivity index (χ0) is 13.8. The topological polar surface area (TPSA) is 58.2 Å². The monoisotopic (exact) mass is 260 g/mol. The lowest BCUT2D eigenvalue weighted by Gasteiger charge is -2.26. The molecule has 2 N–H and O–H groups in total. The first-order valence-electron chi connectivity index (χ1n) is 6.81. The van der Waals surface area contributed by atoms with Gasteiger partial charge >= 0.3 is 0 Å². The molecule has 1 aliphatic heterocycles. The number of benzene rings is 1. The summed E-state index contributed by atoms with van der Waals surface area (Å²) in [7, 11) is 0. The molecule has 0 saturated heterocycles. The van der Waals surface area contributed by atoms with Crippen LogP contribution >= 0.6 is 0 Å². The number of carbonyl (C=O) groups is 2. The molecule has 0 aliphatic carbocycles. The first-order chi connectivity index (χ1) is 9.11. The van der Waals surface area contributed by atoms with Crippen molar-refractivity contribution in [2.45, 2.75) is 45.1 Å². The highest BCUT2D eigenvalue weighted by Gasteiger charge is 2.30. The number of carbonyl (C=O) groups excluding carboxylic acids is 2. The molecule has 0 saturated carbocycles. The van der Waals surface area contributed by atoms with Gasteiger partial charge in [-0.25, -0.2) is 0 Å². The first-order valence-corrected chi connectivity index (χ1v) is 6.81. The second kappa shape index (κ2) is 5.87. The van der Waals surface area contributed by atoms with E-state index in [1.807, 2.05) is 31.2 Å². The molecule has 1 aromatic rings. The average molecular weight is 260 g/mol. The third-order valence-electron chi connectivity index (χ3n) is 3.43. The summed E-state index contributed by atoms with van der Waals surface area (Å²) in [6.07, 6.45) is 2.21. The molecule has 0 fully saturated rings. The molecule has 0 unspecified atom stereocenters. The summed E-state index contributed by atoms with van der Waals surface area (Å²) in [5.74, 6) is -0.519. The fourth-order valence-electron chi connectivity index (χ4n) is 2.49. The minimum absolute atomic E-state index is 0.0525. The average Bonchev–Trinajstić information content (AvgIpc) is 2.37. The highest BCUT2D eigenvalue weighted by atomic mass is 16.2. The van der Waals surface area contributed by atoms with Gasteiger partial charge in [0.1, 0.15) is 0 Å². The number of para-hydroxylation sites is 1. The Morgan fingerprint density at radius 2 is 2.21 bits per heavy atom. The van der Waals surface area contributed by atoms with Gasteiger partial charge in [0.05, 0.1) is 5.92 Å². The fourth-order valence-corrected chi connectivity index (χ4v) is 2.49. The Balaban J connectivity index is 2.16. The van der Waals surface area contributed by atoms with Crippen LogP contribution in [-0.4, -0.2) is 17.9 Å². The summed E-state index contributed by atoms with van der Waals surface area (Å²) in [6, 6.07) is 7.64. The molecule has 1 heterocycles. The lowest BCUT2D eigenvalue weighted by Crippen LogP contribution is -2.39. The molecule has 0 aromatic heterocycles. The Kier molecular flexibility index (Phi) is 4.20. The van der Waals surface area contributed by atoms with Crippen molar-refractivity contribution in [1.29, 1.82) is 0 Å². The number of amides is 2. The van der Waals surface area contributed by atoms with Crippen molar-refractivity contribution in [3.05, 3.63) is 29.8 Å². The van der Waals surface area contributed by atoms with Crippen LogP contribution in [0.2, 0.25) is 0 Å². The fraction of sp³-hybridized carbons (Fsp3) is 0.467. The van der Waals surface area contributed by atoms with E-state index < -0.39 is 0 Å². The largest absolute Gasteiger partial charge is 0.353 e. The van der Waals surface area contributed by atoms with Crippen LogP contribution in [0.15, 0.2) is 24.3 Å². The lowest BCUT2D eigenvalue weighted by atomic mass is 9.89. The van der Waals surface area contributed by atoms with Crippen molar-refractivity contribution in [2.24, 2.45) is 0 Å². The Hall–Kier alpha value is -1.84.